The lowest BCUT2D eigenvalue weighted by atomic mass is 10.0. The second-order valence-corrected chi connectivity index (χ2v) is 6.49. The molecule has 0 spiro atoms. The first-order chi connectivity index (χ1) is 9.72. The second-order valence-electron chi connectivity index (χ2n) is 5.64. The molecule has 3 nitrogen and oxygen atoms in total. The van der Waals surface area contributed by atoms with Crippen LogP contribution in [0.1, 0.15) is 43.7 Å². The lowest BCUT2D eigenvalue weighted by Crippen LogP contribution is -2.39. The Labute approximate surface area is 130 Å². The molecule has 2 rings (SSSR count). The molecule has 1 heterocycles. The van der Waals surface area contributed by atoms with Crippen LogP contribution in [-0.4, -0.2) is 35.7 Å². The predicted octanol–water partition coefficient (Wildman–Crippen LogP) is 3.08. The van der Waals surface area contributed by atoms with Gasteiger partial charge in [0.2, 0.25) is 0 Å². The molecule has 1 saturated heterocycles. The molecule has 4 heteroatoms. The lowest BCUT2D eigenvalue weighted by Gasteiger charge is -2.29. The number of benzene rings is 1. The normalized spacial score (nSPS) is 22.4. The molecule has 0 aliphatic carbocycles. The highest BCUT2D eigenvalue weighted by atomic mass is 79.9. The van der Waals surface area contributed by atoms with Crippen LogP contribution in [0.15, 0.2) is 28.7 Å². The monoisotopic (exact) mass is 340 g/mol. The number of aliphatic hydroxyl groups excluding tert-OH is 1. The molecule has 0 bridgehead atoms. The molecule has 0 radical (unpaired) electrons. The summed E-state index contributed by atoms with van der Waals surface area (Å²) in [6.45, 7) is 2.33. The van der Waals surface area contributed by atoms with E-state index >= 15 is 0 Å². The topological polar surface area (TPSA) is 49.5 Å². The van der Waals surface area contributed by atoms with Crippen LogP contribution in [0.5, 0.6) is 0 Å². The first kappa shape index (κ1) is 16.0. The first-order valence-corrected chi connectivity index (χ1v) is 8.36. The van der Waals surface area contributed by atoms with Crippen molar-refractivity contribution < 1.29 is 5.11 Å². The highest BCUT2D eigenvalue weighted by Gasteiger charge is 2.21. The third kappa shape index (κ3) is 4.29. The van der Waals surface area contributed by atoms with Crippen molar-refractivity contribution in [2.45, 2.75) is 44.2 Å². The molecule has 112 valence electrons. The highest BCUT2D eigenvalue weighted by Crippen LogP contribution is 2.25. The third-order valence-corrected chi connectivity index (χ3v) is 4.96. The van der Waals surface area contributed by atoms with Gasteiger partial charge in [0.25, 0.3) is 0 Å². The van der Waals surface area contributed by atoms with Gasteiger partial charge in [0.15, 0.2) is 0 Å². The largest absolute Gasteiger partial charge is 0.395 e. The van der Waals surface area contributed by atoms with Crippen LogP contribution in [0.4, 0.5) is 0 Å². The van der Waals surface area contributed by atoms with Gasteiger partial charge in [-0.25, -0.2) is 0 Å². The van der Waals surface area contributed by atoms with Crippen LogP contribution >= 0.6 is 15.9 Å². The minimum Gasteiger partial charge on any atom is -0.395 e. The summed E-state index contributed by atoms with van der Waals surface area (Å²) >= 11 is 3.57. The Kier molecular flexibility index (Phi) is 6.49. The van der Waals surface area contributed by atoms with Gasteiger partial charge in [-0.1, -0.05) is 47.0 Å². The summed E-state index contributed by atoms with van der Waals surface area (Å²) in [7, 11) is 0. The van der Waals surface area contributed by atoms with Gasteiger partial charge in [-0.15, -0.1) is 0 Å². The number of aliphatic hydroxyl groups is 1. The number of hydrogen-bond donors (Lipinski definition) is 2. The van der Waals surface area contributed by atoms with E-state index in [0.29, 0.717) is 6.04 Å². The molecule has 2 unspecified atom stereocenters. The van der Waals surface area contributed by atoms with Crippen LogP contribution in [0, 0.1) is 0 Å². The fourth-order valence-electron chi connectivity index (χ4n) is 2.97. The van der Waals surface area contributed by atoms with Gasteiger partial charge in [-0.2, -0.15) is 0 Å². The maximum atomic E-state index is 9.53. The van der Waals surface area contributed by atoms with Crippen LogP contribution in [0.3, 0.4) is 0 Å². The average Bonchev–Trinajstić information content (AvgIpc) is 2.70. The van der Waals surface area contributed by atoms with Crippen molar-refractivity contribution in [2.24, 2.45) is 5.73 Å². The van der Waals surface area contributed by atoms with E-state index in [1.54, 1.807) is 0 Å². The van der Waals surface area contributed by atoms with Gasteiger partial charge < -0.3 is 10.8 Å². The maximum absolute atomic E-state index is 9.53. The first-order valence-electron chi connectivity index (χ1n) is 7.57. The molecule has 0 aromatic heterocycles. The Morgan fingerprint density at radius 2 is 2.10 bits per heavy atom. The summed E-state index contributed by atoms with van der Waals surface area (Å²) < 4.78 is 1.09. The molecular weight excluding hydrogens is 316 g/mol. The minimum atomic E-state index is 0.0492. The van der Waals surface area contributed by atoms with E-state index in [0.717, 1.165) is 30.4 Å². The van der Waals surface area contributed by atoms with Gasteiger partial charge in [0.1, 0.15) is 0 Å². The molecule has 2 atom stereocenters. The van der Waals surface area contributed by atoms with E-state index in [9.17, 15) is 5.11 Å². The van der Waals surface area contributed by atoms with Crippen LogP contribution in [0.2, 0.25) is 0 Å². The predicted molar refractivity (Wildman–Crippen MR) is 86.6 cm³/mol. The van der Waals surface area contributed by atoms with Crippen molar-refractivity contribution in [2.75, 3.05) is 19.7 Å². The molecule has 1 aromatic rings. The number of nitrogens with zero attached hydrogens (tertiary/aromatic N) is 1. The van der Waals surface area contributed by atoms with Gasteiger partial charge in [-0.3, -0.25) is 4.90 Å². The van der Waals surface area contributed by atoms with Crippen molar-refractivity contribution in [1.82, 2.24) is 4.90 Å². The fraction of sp³-hybridized carbons (Fsp3) is 0.625. The van der Waals surface area contributed by atoms with E-state index in [1.807, 2.05) is 18.2 Å². The summed E-state index contributed by atoms with van der Waals surface area (Å²) in [6, 6.07) is 8.54. The number of rotatable bonds is 5. The van der Waals surface area contributed by atoms with Gasteiger partial charge in [0.05, 0.1) is 6.61 Å². The Hall–Kier alpha value is -0.420. The molecule has 3 N–H and O–H groups in total. The highest BCUT2D eigenvalue weighted by molar-refractivity contribution is 9.10. The minimum absolute atomic E-state index is 0.0492. The molecule has 0 saturated carbocycles. The number of nitrogens with two attached hydrogens (primary N) is 1. The Balaban J connectivity index is 1.91. The lowest BCUT2D eigenvalue weighted by molar-refractivity contribution is 0.121. The van der Waals surface area contributed by atoms with E-state index < -0.39 is 0 Å². The van der Waals surface area contributed by atoms with E-state index in [1.165, 1.54) is 24.8 Å². The van der Waals surface area contributed by atoms with Gasteiger partial charge in [-0.05, 0) is 37.4 Å². The van der Waals surface area contributed by atoms with Crippen molar-refractivity contribution >= 4 is 15.9 Å². The van der Waals surface area contributed by atoms with Gasteiger partial charge >= 0.3 is 0 Å². The van der Waals surface area contributed by atoms with Crippen molar-refractivity contribution in [3.05, 3.63) is 34.3 Å². The van der Waals surface area contributed by atoms with E-state index in [2.05, 4.69) is 26.9 Å². The Morgan fingerprint density at radius 1 is 1.30 bits per heavy atom. The Morgan fingerprint density at radius 3 is 2.85 bits per heavy atom. The summed E-state index contributed by atoms with van der Waals surface area (Å²) in [5.41, 5.74) is 7.49. The zero-order chi connectivity index (χ0) is 14.4. The zero-order valence-electron chi connectivity index (χ0n) is 12.0. The smallest absolute Gasteiger partial charge is 0.0586 e. The number of halogens is 1. The summed E-state index contributed by atoms with van der Waals surface area (Å²) in [6.07, 6.45) is 5.79. The summed E-state index contributed by atoms with van der Waals surface area (Å²) in [5.74, 6) is 0. The van der Waals surface area contributed by atoms with Crippen LogP contribution in [0.25, 0.3) is 0 Å². The van der Waals surface area contributed by atoms with Crippen molar-refractivity contribution in [1.29, 1.82) is 0 Å². The van der Waals surface area contributed by atoms with Crippen LogP contribution in [-0.2, 0) is 0 Å². The molecular formula is C16H25BrN2O. The van der Waals surface area contributed by atoms with Crippen molar-refractivity contribution in [3.8, 4) is 0 Å². The number of hydrogen-bond acceptors (Lipinski definition) is 3. The average molecular weight is 341 g/mol. The molecule has 1 fully saturated rings. The van der Waals surface area contributed by atoms with E-state index in [-0.39, 0.29) is 12.6 Å². The quantitative estimate of drug-likeness (QED) is 0.865. The molecule has 20 heavy (non-hydrogen) atoms. The van der Waals surface area contributed by atoms with Crippen molar-refractivity contribution in [3.63, 3.8) is 0 Å². The molecule has 1 aromatic carbocycles. The standard InChI is InChI=1S/C16H25BrN2O/c17-15-8-4-3-7-14(15)16(18)9-11-19-10-5-1-2-6-13(19)12-20/h3-4,7-8,13,16,20H,1-2,5-6,9-12,18H2. The molecule has 0 amide bonds. The molecule has 1 aliphatic rings. The summed E-state index contributed by atoms with van der Waals surface area (Å²) in [5, 5.41) is 9.53. The summed E-state index contributed by atoms with van der Waals surface area (Å²) in [4.78, 5) is 2.42. The maximum Gasteiger partial charge on any atom is 0.0586 e. The fourth-order valence-corrected chi connectivity index (χ4v) is 3.55. The Bertz CT molecular complexity index is 413. The molecule has 1 aliphatic heterocycles. The number of likely N-dealkylation sites (tertiary alicyclic amines) is 1. The SMILES string of the molecule is NC(CCN1CCCCCC1CO)c1ccccc1Br. The zero-order valence-corrected chi connectivity index (χ0v) is 13.6. The third-order valence-electron chi connectivity index (χ3n) is 4.24. The van der Waals surface area contributed by atoms with Crippen LogP contribution < -0.4 is 5.73 Å². The van der Waals surface area contributed by atoms with Gasteiger partial charge in [0, 0.05) is 23.1 Å². The second kappa shape index (κ2) is 8.13. The van der Waals surface area contributed by atoms with E-state index in [4.69, 9.17) is 5.73 Å².